The van der Waals surface area contributed by atoms with Crippen LogP contribution in [0.25, 0.3) is 5.57 Å². The lowest BCUT2D eigenvalue weighted by Gasteiger charge is -2.15. The van der Waals surface area contributed by atoms with Crippen LogP contribution in [0.5, 0.6) is 5.75 Å². The molecule has 25 heavy (non-hydrogen) atoms. The molecule has 0 aliphatic carbocycles. The summed E-state index contributed by atoms with van der Waals surface area (Å²) in [5, 5.41) is 2.66. The molecule has 0 bridgehead atoms. The first kappa shape index (κ1) is 18.8. The van der Waals surface area contributed by atoms with Crippen molar-refractivity contribution in [3.63, 3.8) is 0 Å². The normalized spacial score (nSPS) is 17.6. The summed E-state index contributed by atoms with van der Waals surface area (Å²) >= 11 is 0. The van der Waals surface area contributed by atoms with E-state index in [2.05, 4.69) is 5.32 Å². The second-order valence-corrected chi connectivity index (χ2v) is 5.86. The van der Waals surface area contributed by atoms with Crippen molar-refractivity contribution in [3.8, 4) is 5.75 Å². The number of rotatable bonds is 4. The fraction of sp³-hybridized carbons (Fsp3) is 0.412. The average molecular weight is 357 g/mol. The minimum atomic E-state index is -4.44. The summed E-state index contributed by atoms with van der Waals surface area (Å²) in [7, 11) is 0. The topological polar surface area (TPSA) is 64.6 Å². The van der Waals surface area contributed by atoms with Gasteiger partial charge in [-0.3, -0.25) is 9.59 Å². The monoisotopic (exact) mass is 357 g/mol. The van der Waals surface area contributed by atoms with Gasteiger partial charge in [0, 0.05) is 6.92 Å². The Balaban J connectivity index is 2.46. The van der Waals surface area contributed by atoms with Gasteiger partial charge in [-0.15, -0.1) is 0 Å². The van der Waals surface area contributed by atoms with E-state index in [0.717, 1.165) is 0 Å². The van der Waals surface area contributed by atoms with E-state index >= 15 is 0 Å². The van der Waals surface area contributed by atoms with E-state index in [1.54, 1.807) is 20.8 Å². The Hall–Kier alpha value is -2.51. The van der Waals surface area contributed by atoms with Gasteiger partial charge in [0.1, 0.15) is 11.5 Å². The lowest BCUT2D eigenvalue weighted by molar-refractivity contribution is -0.153. The zero-order valence-corrected chi connectivity index (χ0v) is 14.2. The predicted octanol–water partition coefficient (Wildman–Crippen LogP) is 3.04. The zero-order valence-electron chi connectivity index (χ0n) is 14.2. The van der Waals surface area contributed by atoms with Crippen molar-refractivity contribution >= 4 is 17.4 Å². The summed E-state index contributed by atoms with van der Waals surface area (Å²) in [5.74, 6) is -0.708. The maximum atomic E-state index is 12.3. The first-order valence-corrected chi connectivity index (χ1v) is 7.54. The SMILES string of the molecule is CC(=O)OC1=C(c2c(C)cc(OCC(F)(F)F)cc2C)C(=O)NC1C. The van der Waals surface area contributed by atoms with Crippen LogP contribution < -0.4 is 10.1 Å². The third kappa shape index (κ3) is 4.32. The third-order valence-corrected chi connectivity index (χ3v) is 3.63. The van der Waals surface area contributed by atoms with Crippen LogP contribution in [-0.2, 0) is 14.3 Å². The van der Waals surface area contributed by atoms with Crippen molar-refractivity contribution in [1.82, 2.24) is 5.32 Å². The minimum Gasteiger partial charge on any atom is -0.484 e. The van der Waals surface area contributed by atoms with Gasteiger partial charge >= 0.3 is 12.1 Å². The van der Waals surface area contributed by atoms with Crippen molar-refractivity contribution in [2.45, 2.75) is 39.9 Å². The Morgan fingerprint density at radius 1 is 1.24 bits per heavy atom. The molecule has 1 atom stereocenters. The quantitative estimate of drug-likeness (QED) is 0.842. The van der Waals surface area contributed by atoms with E-state index < -0.39 is 30.7 Å². The molecule has 1 aromatic rings. The highest BCUT2D eigenvalue weighted by molar-refractivity contribution is 6.23. The fourth-order valence-corrected chi connectivity index (χ4v) is 2.76. The molecule has 1 heterocycles. The second kappa shape index (κ2) is 6.78. The van der Waals surface area contributed by atoms with Gasteiger partial charge in [0.25, 0.3) is 5.91 Å². The highest BCUT2D eigenvalue weighted by Crippen LogP contribution is 2.34. The van der Waals surface area contributed by atoms with Gasteiger partial charge in [-0.25, -0.2) is 0 Å². The maximum Gasteiger partial charge on any atom is 0.422 e. The van der Waals surface area contributed by atoms with Crippen molar-refractivity contribution in [2.24, 2.45) is 0 Å². The van der Waals surface area contributed by atoms with Crippen LogP contribution in [0.1, 0.15) is 30.5 Å². The number of hydrogen-bond acceptors (Lipinski definition) is 4. The molecule has 1 aromatic carbocycles. The van der Waals surface area contributed by atoms with E-state index in [4.69, 9.17) is 9.47 Å². The maximum absolute atomic E-state index is 12.3. The second-order valence-electron chi connectivity index (χ2n) is 5.86. The molecule has 0 saturated carbocycles. The molecule has 0 radical (unpaired) electrons. The number of hydrogen-bond donors (Lipinski definition) is 1. The predicted molar refractivity (Wildman–Crippen MR) is 83.8 cm³/mol. The van der Waals surface area contributed by atoms with Crippen LogP contribution in [0.15, 0.2) is 17.9 Å². The Morgan fingerprint density at radius 3 is 2.28 bits per heavy atom. The number of aryl methyl sites for hydroxylation is 2. The van der Waals surface area contributed by atoms with Crippen molar-refractivity contribution < 1.29 is 32.2 Å². The van der Waals surface area contributed by atoms with Crippen molar-refractivity contribution in [1.29, 1.82) is 0 Å². The summed E-state index contributed by atoms with van der Waals surface area (Å²) < 4.78 is 46.8. The molecule has 1 unspecified atom stereocenters. The first-order valence-electron chi connectivity index (χ1n) is 7.54. The number of esters is 1. The molecule has 136 valence electrons. The van der Waals surface area contributed by atoms with Gasteiger partial charge in [0.05, 0.1) is 11.6 Å². The van der Waals surface area contributed by atoms with Crippen LogP contribution in [0.3, 0.4) is 0 Å². The number of carbonyl (C=O) groups is 2. The third-order valence-electron chi connectivity index (χ3n) is 3.63. The van der Waals surface area contributed by atoms with Crippen LogP contribution in [0.2, 0.25) is 0 Å². The number of nitrogens with one attached hydrogen (secondary N) is 1. The molecule has 1 aliphatic heterocycles. The van der Waals surface area contributed by atoms with E-state index in [9.17, 15) is 22.8 Å². The zero-order chi connectivity index (χ0) is 18.9. The van der Waals surface area contributed by atoms with E-state index in [1.165, 1.54) is 19.1 Å². The lowest BCUT2D eigenvalue weighted by Crippen LogP contribution is -2.26. The van der Waals surface area contributed by atoms with Crippen LogP contribution in [-0.4, -0.2) is 30.7 Å². The van der Waals surface area contributed by atoms with Gasteiger partial charge in [-0.1, -0.05) is 0 Å². The van der Waals surface area contributed by atoms with Crippen LogP contribution >= 0.6 is 0 Å². The fourth-order valence-electron chi connectivity index (χ4n) is 2.76. The first-order chi connectivity index (χ1) is 11.5. The Bertz CT molecular complexity index is 730. The van der Waals surface area contributed by atoms with Gasteiger partial charge in [-0.05, 0) is 49.6 Å². The summed E-state index contributed by atoms with van der Waals surface area (Å²) in [4.78, 5) is 23.6. The van der Waals surface area contributed by atoms with E-state index in [0.29, 0.717) is 16.7 Å². The number of amides is 1. The van der Waals surface area contributed by atoms with Gasteiger partial charge in [0.15, 0.2) is 6.61 Å². The summed E-state index contributed by atoms with van der Waals surface area (Å²) in [6.45, 7) is 4.81. The summed E-state index contributed by atoms with van der Waals surface area (Å²) in [6, 6.07) is 2.36. The number of halogens is 3. The van der Waals surface area contributed by atoms with E-state index in [-0.39, 0.29) is 17.1 Å². The van der Waals surface area contributed by atoms with Crippen molar-refractivity contribution in [3.05, 3.63) is 34.6 Å². The molecule has 0 spiro atoms. The largest absolute Gasteiger partial charge is 0.484 e. The molecular weight excluding hydrogens is 339 g/mol. The number of benzene rings is 1. The van der Waals surface area contributed by atoms with Crippen LogP contribution in [0.4, 0.5) is 13.2 Å². The lowest BCUT2D eigenvalue weighted by atomic mass is 9.94. The van der Waals surface area contributed by atoms with Crippen LogP contribution in [0, 0.1) is 13.8 Å². The van der Waals surface area contributed by atoms with Gasteiger partial charge < -0.3 is 14.8 Å². The molecule has 1 aliphatic rings. The summed E-state index contributed by atoms with van der Waals surface area (Å²) in [5.41, 5.74) is 1.81. The molecular formula is C17H18F3NO4. The molecule has 1 amide bonds. The van der Waals surface area contributed by atoms with E-state index in [1.807, 2.05) is 0 Å². The minimum absolute atomic E-state index is 0.0529. The Morgan fingerprint density at radius 2 is 1.80 bits per heavy atom. The highest BCUT2D eigenvalue weighted by atomic mass is 19.4. The molecule has 2 rings (SSSR count). The Kier molecular flexibility index (Phi) is 5.10. The molecule has 0 aromatic heterocycles. The standard InChI is InChI=1S/C17H18F3NO4/c1-8-5-12(24-7-17(18,19)20)6-9(2)13(8)14-15(25-11(4)22)10(3)21-16(14)23/h5-6,10H,7H2,1-4H3,(H,21,23). The molecule has 8 heteroatoms. The smallest absolute Gasteiger partial charge is 0.422 e. The number of alkyl halides is 3. The van der Waals surface area contributed by atoms with Gasteiger partial charge in [0.2, 0.25) is 0 Å². The number of ether oxygens (including phenoxy) is 2. The Labute approximate surface area is 142 Å². The highest BCUT2D eigenvalue weighted by Gasteiger charge is 2.34. The molecule has 0 fully saturated rings. The number of carbonyl (C=O) groups excluding carboxylic acids is 2. The van der Waals surface area contributed by atoms with Crippen molar-refractivity contribution in [2.75, 3.05) is 6.61 Å². The molecule has 0 saturated heterocycles. The average Bonchev–Trinajstić information content (AvgIpc) is 2.70. The molecule has 1 N–H and O–H groups in total. The molecule has 5 nitrogen and oxygen atoms in total. The summed E-state index contributed by atoms with van der Waals surface area (Å²) in [6.07, 6.45) is -4.44. The van der Waals surface area contributed by atoms with Gasteiger partial charge in [-0.2, -0.15) is 13.2 Å².